The number of ether oxygens (including phenoxy) is 2. The van der Waals surface area contributed by atoms with Crippen LogP contribution in [-0.2, 0) is 27.8 Å². The van der Waals surface area contributed by atoms with Gasteiger partial charge in [-0.3, -0.25) is 4.79 Å². The van der Waals surface area contributed by atoms with Crippen molar-refractivity contribution >= 4 is 33.2 Å². The largest absolute Gasteiger partial charge is 0.487 e. The first kappa shape index (κ1) is 30.1. The van der Waals surface area contributed by atoms with Gasteiger partial charge in [-0.15, -0.1) is 0 Å². The maximum absolute atomic E-state index is 13.1. The van der Waals surface area contributed by atoms with Crippen LogP contribution in [0.5, 0.6) is 5.75 Å². The molecule has 11 heteroatoms. The second-order valence-electron chi connectivity index (χ2n) is 11.3. The molecule has 2 bridgehead atoms. The zero-order chi connectivity index (χ0) is 28.8. The lowest BCUT2D eigenvalue weighted by atomic mass is 9.69. The number of aryl methyl sites for hydroxylation is 1. The molecule has 0 spiro atoms. The zero-order valence-corrected chi connectivity index (χ0v) is 24.9. The smallest absolute Gasteiger partial charge is 0.264 e. The number of aliphatic hydroxyl groups excluding tert-OH is 1. The van der Waals surface area contributed by atoms with E-state index in [-0.39, 0.29) is 37.0 Å². The van der Waals surface area contributed by atoms with Crippen molar-refractivity contribution in [1.82, 2.24) is 10.0 Å². The fraction of sp³-hybridized carbons (Fsp3) is 0.567. The van der Waals surface area contributed by atoms with Gasteiger partial charge in [0.05, 0.1) is 24.7 Å². The molecule has 2 aliphatic heterocycles. The lowest BCUT2D eigenvalue weighted by Crippen LogP contribution is -2.51. The number of nitrogens with zero attached hydrogens (tertiary/aromatic N) is 1. The number of hydrogen-bond acceptors (Lipinski definition) is 8. The third-order valence-electron chi connectivity index (χ3n) is 8.45. The molecule has 0 unspecified atom stereocenters. The molecule has 0 aromatic heterocycles. The zero-order valence-electron chi connectivity index (χ0n) is 23.3. The Morgan fingerprint density at radius 1 is 1.10 bits per heavy atom. The highest BCUT2D eigenvalue weighted by Gasteiger charge is 2.38. The van der Waals surface area contributed by atoms with E-state index in [2.05, 4.69) is 14.9 Å². The second-order valence-corrected chi connectivity index (χ2v) is 13.5. The summed E-state index contributed by atoms with van der Waals surface area (Å²) in [5, 5.41) is 13.6. The molecule has 0 radical (unpaired) electrons. The Morgan fingerprint density at radius 2 is 1.98 bits per heavy atom. The fourth-order valence-electron chi connectivity index (χ4n) is 6.11. The molecule has 41 heavy (non-hydrogen) atoms. The van der Waals surface area contributed by atoms with Gasteiger partial charge in [-0.2, -0.15) is 0 Å². The lowest BCUT2D eigenvalue weighted by Gasteiger charge is -2.45. The van der Waals surface area contributed by atoms with Crippen molar-refractivity contribution < 1.29 is 27.8 Å². The van der Waals surface area contributed by atoms with E-state index >= 15 is 0 Å². The third kappa shape index (κ3) is 7.73. The second kappa shape index (κ2) is 13.7. The van der Waals surface area contributed by atoms with Gasteiger partial charge in [-0.1, -0.05) is 17.7 Å². The average Bonchev–Trinajstić information content (AvgIpc) is 2.96. The Balaban J connectivity index is 1.50. The van der Waals surface area contributed by atoms with E-state index in [0.717, 1.165) is 56.4 Å². The fourth-order valence-corrected chi connectivity index (χ4v) is 7.31. The number of hydrogen-bond donors (Lipinski definition) is 3. The highest BCUT2D eigenvalue weighted by atomic mass is 35.5. The molecule has 1 saturated carbocycles. The summed E-state index contributed by atoms with van der Waals surface area (Å²) in [4.78, 5) is 15.4. The number of aliphatic hydroxyl groups is 1. The number of carbonyl (C=O) groups is 1. The number of carbonyl (C=O) groups excluding carboxylic acids is 1. The van der Waals surface area contributed by atoms with Crippen molar-refractivity contribution in [3.8, 4) is 5.75 Å². The van der Waals surface area contributed by atoms with Crippen molar-refractivity contribution in [2.75, 3.05) is 50.1 Å². The summed E-state index contributed by atoms with van der Waals surface area (Å²) in [5.41, 5.74) is 3.32. The number of fused-ring (bicyclic) bond motifs is 3. The Labute approximate surface area is 247 Å². The molecule has 2 heterocycles. The van der Waals surface area contributed by atoms with E-state index in [1.807, 2.05) is 18.2 Å². The van der Waals surface area contributed by atoms with E-state index in [1.165, 1.54) is 5.56 Å². The summed E-state index contributed by atoms with van der Waals surface area (Å²) in [6.45, 7) is 3.15. The van der Waals surface area contributed by atoms with Crippen LogP contribution in [0.1, 0.15) is 53.6 Å². The van der Waals surface area contributed by atoms with Crippen LogP contribution >= 0.6 is 11.6 Å². The predicted octanol–water partition coefficient (Wildman–Crippen LogP) is 3.52. The van der Waals surface area contributed by atoms with Gasteiger partial charge in [0, 0.05) is 42.9 Å². The van der Waals surface area contributed by atoms with Crippen molar-refractivity contribution in [3.63, 3.8) is 0 Å². The topological polar surface area (TPSA) is 117 Å². The molecule has 0 saturated heterocycles. The van der Waals surface area contributed by atoms with Crippen molar-refractivity contribution in [2.45, 2.75) is 51.2 Å². The Kier molecular flexibility index (Phi) is 10.1. The Bertz CT molecular complexity index is 1320. The van der Waals surface area contributed by atoms with Gasteiger partial charge >= 0.3 is 0 Å². The molecule has 2 aromatic rings. The highest BCUT2D eigenvalue weighted by Crippen LogP contribution is 2.40. The number of nitrogens with one attached hydrogen (secondary N) is 2. The van der Waals surface area contributed by atoms with Gasteiger partial charge in [0.1, 0.15) is 12.4 Å². The van der Waals surface area contributed by atoms with Crippen LogP contribution in [0.3, 0.4) is 0 Å². The molecule has 9 nitrogen and oxygen atoms in total. The van der Waals surface area contributed by atoms with E-state index in [4.69, 9.17) is 21.1 Å². The molecule has 5 rings (SSSR count). The molecule has 3 N–H and O–H groups in total. The van der Waals surface area contributed by atoms with Crippen LogP contribution in [0.2, 0.25) is 5.02 Å². The van der Waals surface area contributed by atoms with Crippen LogP contribution in [-0.4, -0.2) is 70.7 Å². The SMILES string of the molecule is O=C1NS(=O)(=O)CCCOC[C@@H](NCCO)[C@@H]2CC[C@H]2CN2CCCCc3cc(Cl)ccc3COc3ccc1cc32. The number of anilines is 1. The van der Waals surface area contributed by atoms with Crippen LogP contribution in [0, 0.1) is 11.8 Å². The maximum atomic E-state index is 13.1. The summed E-state index contributed by atoms with van der Waals surface area (Å²) >= 11 is 6.30. The molecule has 1 fully saturated rings. The maximum Gasteiger partial charge on any atom is 0.264 e. The normalized spacial score (nSPS) is 25.4. The van der Waals surface area contributed by atoms with Gasteiger partial charge in [0.15, 0.2) is 0 Å². The van der Waals surface area contributed by atoms with Gasteiger partial charge in [0.2, 0.25) is 10.0 Å². The average molecular weight is 606 g/mol. The first-order chi connectivity index (χ1) is 19.8. The number of sulfonamides is 1. The number of halogens is 1. The van der Waals surface area contributed by atoms with E-state index < -0.39 is 15.9 Å². The van der Waals surface area contributed by atoms with Gasteiger partial charge in [-0.25, -0.2) is 13.1 Å². The minimum atomic E-state index is -3.83. The summed E-state index contributed by atoms with van der Waals surface area (Å²) < 4.78 is 39.8. The van der Waals surface area contributed by atoms with Crippen LogP contribution in [0.4, 0.5) is 5.69 Å². The number of rotatable bonds is 3. The van der Waals surface area contributed by atoms with Crippen molar-refractivity contribution in [1.29, 1.82) is 0 Å². The minimum absolute atomic E-state index is 0.0407. The Morgan fingerprint density at radius 3 is 2.78 bits per heavy atom. The summed E-state index contributed by atoms with van der Waals surface area (Å²) in [6.07, 6.45) is 5.22. The van der Waals surface area contributed by atoms with E-state index in [1.54, 1.807) is 18.2 Å². The molecular weight excluding hydrogens is 566 g/mol. The van der Waals surface area contributed by atoms with Gasteiger partial charge < -0.3 is 24.8 Å². The first-order valence-corrected chi connectivity index (χ1v) is 16.6. The Hall–Kier alpha value is -2.37. The van der Waals surface area contributed by atoms with Gasteiger partial charge in [0.25, 0.3) is 5.91 Å². The summed E-state index contributed by atoms with van der Waals surface area (Å²) in [7, 11) is -3.83. The number of benzene rings is 2. The quantitative estimate of drug-likeness (QED) is 0.487. The molecule has 3 atom stereocenters. The van der Waals surface area contributed by atoms with E-state index in [9.17, 15) is 18.3 Å². The first-order valence-electron chi connectivity index (χ1n) is 14.6. The highest BCUT2D eigenvalue weighted by molar-refractivity contribution is 7.90. The molecule has 1 aliphatic carbocycles. The summed E-state index contributed by atoms with van der Waals surface area (Å²) in [6, 6.07) is 11.1. The standard InChI is InChI=1S/C30H40ClN3O6S/c31-25-8-5-24-19-40-29-10-7-22-17-28(29)34(12-2-1-4-21(24)16-25)18-23-6-9-26(23)27(32-11-13-35)20-39-14-3-15-41(37,38)33-30(22)36/h5,7-8,10,16-17,23,26-27,32,35H,1-4,6,9,11-15,18-20H2,(H,33,36)/t23-,26+,27+/m0/s1. The lowest BCUT2D eigenvalue weighted by molar-refractivity contribution is 0.0446. The van der Waals surface area contributed by atoms with Crippen molar-refractivity contribution in [2.24, 2.45) is 11.8 Å². The van der Waals surface area contributed by atoms with Crippen LogP contribution < -0.4 is 19.7 Å². The minimum Gasteiger partial charge on any atom is -0.487 e. The monoisotopic (exact) mass is 605 g/mol. The molecule has 3 aliphatic rings. The summed E-state index contributed by atoms with van der Waals surface area (Å²) in [5.74, 6) is 0.559. The van der Waals surface area contributed by atoms with Crippen LogP contribution in [0.25, 0.3) is 0 Å². The van der Waals surface area contributed by atoms with Crippen molar-refractivity contribution in [3.05, 3.63) is 58.1 Å². The molecular formula is C30H40ClN3O6S. The number of amides is 1. The molecule has 2 aromatic carbocycles. The molecule has 224 valence electrons. The van der Waals surface area contributed by atoms with E-state index in [0.29, 0.717) is 42.4 Å². The van der Waals surface area contributed by atoms with Gasteiger partial charge in [-0.05, 0) is 91.8 Å². The van der Waals surface area contributed by atoms with Crippen LogP contribution in [0.15, 0.2) is 36.4 Å². The molecule has 1 amide bonds. The third-order valence-corrected chi connectivity index (χ3v) is 10.0. The predicted molar refractivity (Wildman–Crippen MR) is 159 cm³/mol.